The average molecular weight is 116 g/mol. The summed E-state index contributed by atoms with van der Waals surface area (Å²) < 4.78 is 12.6. The molecule has 0 aromatic rings. The SMILES string of the molecule is BC(C)(F)CCCC. The molecule has 0 N–H and O–H groups in total. The average Bonchev–Trinajstić information content (AvgIpc) is 1.59. The van der Waals surface area contributed by atoms with Crippen molar-refractivity contribution in [3.8, 4) is 0 Å². The van der Waals surface area contributed by atoms with Gasteiger partial charge < -0.3 is 0 Å². The Balaban J connectivity index is 3.11. The van der Waals surface area contributed by atoms with E-state index < -0.39 is 5.57 Å². The van der Waals surface area contributed by atoms with Gasteiger partial charge in [0.2, 0.25) is 0 Å². The lowest BCUT2D eigenvalue weighted by Gasteiger charge is -2.11. The molecular formula is C6H14BF. The van der Waals surface area contributed by atoms with E-state index in [-0.39, 0.29) is 0 Å². The van der Waals surface area contributed by atoms with Crippen molar-refractivity contribution in [1.29, 1.82) is 0 Å². The van der Waals surface area contributed by atoms with Crippen LogP contribution in [0.15, 0.2) is 0 Å². The van der Waals surface area contributed by atoms with Crippen LogP contribution in [0, 0.1) is 0 Å². The normalized spacial score (nSPS) is 17.9. The van der Waals surface area contributed by atoms with Gasteiger partial charge in [-0.05, 0) is 13.3 Å². The molecule has 1 atom stereocenters. The summed E-state index contributed by atoms with van der Waals surface area (Å²) in [6.45, 7) is 3.70. The summed E-state index contributed by atoms with van der Waals surface area (Å²) in [4.78, 5) is 0. The van der Waals surface area contributed by atoms with Gasteiger partial charge in [-0.1, -0.05) is 19.8 Å². The van der Waals surface area contributed by atoms with Crippen LogP contribution in [0.2, 0.25) is 0 Å². The lowest BCUT2D eigenvalue weighted by atomic mass is 9.81. The molecule has 0 aliphatic heterocycles. The topological polar surface area (TPSA) is 0 Å². The maximum absolute atomic E-state index is 12.6. The summed E-state index contributed by atoms with van der Waals surface area (Å²) in [6.07, 6.45) is 2.79. The smallest absolute Gasteiger partial charge is 0.149 e. The summed E-state index contributed by atoms with van der Waals surface area (Å²) in [7, 11) is 1.63. The molecule has 48 valence electrons. The van der Waals surface area contributed by atoms with Crippen LogP contribution in [0.1, 0.15) is 33.1 Å². The molecule has 0 saturated heterocycles. The van der Waals surface area contributed by atoms with Crippen LogP contribution >= 0.6 is 0 Å². The summed E-state index contributed by atoms with van der Waals surface area (Å²) in [5.41, 5.74) is -0.948. The predicted octanol–water partition coefficient (Wildman–Crippen LogP) is 1.50. The molecule has 0 bridgehead atoms. The van der Waals surface area contributed by atoms with Gasteiger partial charge in [0.05, 0.1) is 5.57 Å². The Kier molecular flexibility index (Phi) is 3.11. The third kappa shape index (κ3) is 5.99. The quantitative estimate of drug-likeness (QED) is 0.490. The van der Waals surface area contributed by atoms with Gasteiger partial charge in [-0.2, -0.15) is 0 Å². The molecular weight excluding hydrogens is 102 g/mol. The van der Waals surface area contributed by atoms with Gasteiger partial charge in [0.1, 0.15) is 7.85 Å². The van der Waals surface area contributed by atoms with Crippen molar-refractivity contribution >= 4 is 7.85 Å². The largest absolute Gasteiger partial charge is 0.254 e. The summed E-state index contributed by atoms with van der Waals surface area (Å²) in [5, 5.41) is 0. The zero-order valence-electron chi connectivity index (χ0n) is 6.00. The number of alkyl halides is 1. The highest BCUT2D eigenvalue weighted by molar-refractivity contribution is 6.14. The molecule has 0 aromatic carbocycles. The lowest BCUT2D eigenvalue weighted by Crippen LogP contribution is -2.16. The van der Waals surface area contributed by atoms with Crippen molar-refractivity contribution in [3.05, 3.63) is 0 Å². The molecule has 0 aliphatic carbocycles. The number of rotatable bonds is 3. The molecule has 0 heterocycles. The Labute approximate surface area is 51.9 Å². The first kappa shape index (κ1) is 7.99. The van der Waals surface area contributed by atoms with E-state index in [1.54, 1.807) is 14.8 Å². The highest BCUT2D eigenvalue weighted by Gasteiger charge is 2.12. The van der Waals surface area contributed by atoms with Crippen LogP contribution in [0.5, 0.6) is 0 Å². The van der Waals surface area contributed by atoms with Gasteiger partial charge in [-0.3, -0.25) is 4.39 Å². The maximum atomic E-state index is 12.6. The van der Waals surface area contributed by atoms with Crippen LogP contribution in [0.3, 0.4) is 0 Å². The molecule has 2 heteroatoms. The summed E-state index contributed by atoms with van der Waals surface area (Å²) in [5.74, 6) is 0. The van der Waals surface area contributed by atoms with E-state index in [2.05, 4.69) is 6.92 Å². The molecule has 0 amide bonds. The number of halogens is 1. The minimum atomic E-state index is -0.948. The first-order chi connectivity index (χ1) is 3.56. The molecule has 1 unspecified atom stereocenters. The Bertz CT molecular complexity index is 56.0. The van der Waals surface area contributed by atoms with Gasteiger partial charge in [0.25, 0.3) is 0 Å². The van der Waals surface area contributed by atoms with E-state index >= 15 is 0 Å². The van der Waals surface area contributed by atoms with Crippen molar-refractivity contribution in [2.24, 2.45) is 0 Å². The van der Waals surface area contributed by atoms with Gasteiger partial charge in [-0.15, -0.1) is 0 Å². The monoisotopic (exact) mass is 116 g/mol. The molecule has 0 fully saturated rings. The fraction of sp³-hybridized carbons (Fsp3) is 1.00. The van der Waals surface area contributed by atoms with Gasteiger partial charge in [0.15, 0.2) is 0 Å². The van der Waals surface area contributed by atoms with Gasteiger partial charge in [-0.25, -0.2) is 0 Å². The van der Waals surface area contributed by atoms with Crippen molar-refractivity contribution in [1.82, 2.24) is 0 Å². The maximum Gasteiger partial charge on any atom is 0.149 e. The highest BCUT2D eigenvalue weighted by atomic mass is 19.1. The number of hydrogen-bond donors (Lipinski definition) is 0. The molecule has 8 heavy (non-hydrogen) atoms. The van der Waals surface area contributed by atoms with Crippen molar-refractivity contribution < 1.29 is 4.39 Å². The van der Waals surface area contributed by atoms with Crippen LogP contribution in [0.25, 0.3) is 0 Å². The summed E-state index contributed by atoms with van der Waals surface area (Å²) >= 11 is 0. The zero-order chi connectivity index (χ0) is 6.62. The third-order valence-corrected chi connectivity index (χ3v) is 1.12. The molecule has 0 rings (SSSR count). The minimum absolute atomic E-state index is 0.698. The van der Waals surface area contributed by atoms with Crippen LogP contribution in [-0.4, -0.2) is 13.4 Å². The van der Waals surface area contributed by atoms with Gasteiger partial charge >= 0.3 is 0 Å². The molecule has 0 aromatic heterocycles. The van der Waals surface area contributed by atoms with E-state index in [0.29, 0.717) is 6.42 Å². The molecule has 0 radical (unpaired) electrons. The van der Waals surface area contributed by atoms with Crippen molar-refractivity contribution in [3.63, 3.8) is 0 Å². The van der Waals surface area contributed by atoms with Crippen LogP contribution in [0.4, 0.5) is 4.39 Å². The molecule has 0 spiro atoms. The third-order valence-electron chi connectivity index (χ3n) is 1.12. The molecule has 0 aliphatic rings. The lowest BCUT2D eigenvalue weighted by molar-refractivity contribution is 0.279. The highest BCUT2D eigenvalue weighted by Crippen LogP contribution is 2.12. The Morgan fingerprint density at radius 3 is 2.25 bits per heavy atom. The fourth-order valence-electron chi connectivity index (χ4n) is 0.597. The molecule has 0 saturated carbocycles. The second-order valence-electron chi connectivity index (χ2n) is 2.82. The fourth-order valence-corrected chi connectivity index (χ4v) is 0.597. The predicted molar refractivity (Wildman–Crippen MR) is 37.6 cm³/mol. The zero-order valence-corrected chi connectivity index (χ0v) is 6.00. The van der Waals surface area contributed by atoms with E-state index in [1.165, 1.54) is 0 Å². The van der Waals surface area contributed by atoms with Crippen molar-refractivity contribution in [2.45, 2.75) is 38.7 Å². The first-order valence-electron chi connectivity index (χ1n) is 3.25. The van der Waals surface area contributed by atoms with Crippen LogP contribution < -0.4 is 0 Å². The number of hydrogen-bond acceptors (Lipinski definition) is 0. The van der Waals surface area contributed by atoms with Crippen LogP contribution in [-0.2, 0) is 0 Å². The first-order valence-corrected chi connectivity index (χ1v) is 3.25. The number of unbranched alkanes of at least 4 members (excludes halogenated alkanes) is 1. The second kappa shape index (κ2) is 3.11. The van der Waals surface area contributed by atoms with E-state index in [9.17, 15) is 4.39 Å². The Morgan fingerprint density at radius 1 is 1.62 bits per heavy atom. The minimum Gasteiger partial charge on any atom is -0.254 e. The van der Waals surface area contributed by atoms with Crippen molar-refractivity contribution in [2.75, 3.05) is 0 Å². The Hall–Kier alpha value is -0.00506. The standard InChI is InChI=1S/C6H14BF/c1-3-4-5-6(2,7)8/h3-5,7H2,1-2H3. The molecule has 0 nitrogen and oxygen atoms in total. The Morgan fingerprint density at radius 2 is 2.12 bits per heavy atom. The van der Waals surface area contributed by atoms with E-state index in [1.807, 2.05) is 0 Å². The van der Waals surface area contributed by atoms with Gasteiger partial charge in [0, 0.05) is 0 Å². The second-order valence-corrected chi connectivity index (χ2v) is 2.82. The summed E-state index contributed by atoms with van der Waals surface area (Å²) in [6, 6.07) is 0. The van der Waals surface area contributed by atoms with E-state index in [0.717, 1.165) is 12.8 Å². The van der Waals surface area contributed by atoms with E-state index in [4.69, 9.17) is 0 Å².